The van der Waals surface area contributed by atoms with E-state index >= 15 is 0 Å². The number of fused-ring (bicyclic) bond motifs is 1. The molecule has 1 N–H and O–H groups in total. The fraction of sp³-hybridized carbons (Fsp3) is 0.500. The van der Waals surface area contributed by atoms with Gasteiger partial charge in [0.05, 0.1) is 12.1 Å². The Morgan fingerprint density at radius 1 is 1.13 bits per heavy atom. The third kappa shape index (κ3) is 5.06. The number of aryl methyl sites for hydroxylation is 2. The number of rotatable bonds is 8. The molecule has 0 spiro atoms. The van der Waals surface area contributed by atoms with Gasteiger partial charge in [0, 0.05) is 55.3 Å². The van der Waals surface area contributed by atoms with Crippen molar-refractivity contribution in [1.29, 1.82) is 0 Å². The highest BCUT2D eigenvalue weighted by Gasteiger charge is 2.14. The highest BCUT2D eigenvalue weighted by Crippen LogP contribution is 2.30. The molecule has 0 atom stereocenters. The van der Waals surface area contributed by atoms with E-state index in [0.29, 0.717) is 6.61 Å². The first-order valence-electron chi connectivity index (χ1n) is 10.6. The Balaban J connectivity index is 1.39. The molecule has 1 aliphatic heterocycles. The third-order valence-electron chi connectivity index (χ3n) is 5.53. The van der Waals surface area contributed by atoms with Crippen LogP contribution >= 0.6 is 11.3 Å². The second-order valence-electron chi connectivity index (χ2n) is 7.81. The van der Waals surface area contributed by atoms with Crippen LogP contribution in [0.3, 0.4) is 0 Å². The number of nitrogens with one attached hydrogen (secondary N) is 1. The number of nitrogens with zero attached hydrogens (tertiary/aromatic N) is 5. The second-order valence-corrected chi connectivity index (χ2v) is 8.93. The molecule has 30 heavy (non-hydrogen) atoms. The lowest BCUT2D eigenvalue weighted by Gasteiger charge is -2.32. The molecule has 1 aromatic carbocycles. The minimum absolute atomic E-state index is 0.716. The molecule has 0 bridgehead atoms. The zero-order valence-electron chi connectivity index (χ0n) is 18.0. The summed E-state index contributed by atoms with van der Waals surface area (Å²) in [6, 6.07) is 4.12. The molecule has 0 amide bonds. The van der Waals surface area contributed by atoms with E-state index in [1.807, 2.05) is 12.3 Å². The predicted octanol–water partition coefficient (Wildman–Crippen LogP) is 3.72. The summed E-state index contributed by atoms with van der Waals surface area (Å²) in [6.45, 7) is 10.6. The Morgan fingerprint density at radius 2 is 1.97 bits per heavy atom. The van der Waals surface area contributed by atoms with E-state index in [0.717, 1.165) is 78.7 Å². The summed E-state index contributed by atoms with van der Waals surface area (Å²) in [6.07, 6.45) is 5.52. The van der Waals surface area contributed by atoms with Crippen molar-refractivity contribution in [1.82, 2.24) is 24.8 Å². The van der Waals surface area contributed by atoms with Crippen LogP contribution in [0.5, 0.6) is 5.75 Å². The first-order valence-corrected chi connectivity index (χ1v) is 11.4. The Morgan fingerprint density at radius 3 is 2.73 bits per heavy atom. The summed E-state index contributed by atoms with van der Waals surface area (Å²) in [4.78, 5) is 19.5. The van der Waals surface area contributed by atoms with Gasteiger partial charge in [-0.05, 0) is 38.4 Å². The van der Waals surface area contributed by atoms with Crippen molar-refractivity contribution in [2.24, 2.45) is 0 Å². The van der Waals surface area contributed by atoms with Crippen LogP contribution in [0.1, 0.15) is 23.8 Å². The van der Waals surface area contributed by atoms with Gasteiger partial charge in [0.25, 0.3) is 0 Å². The molecular formula is C22H30N6OS. The Kier molecular flexibility index (Phi) is 6.76. The van der Waals surface area contributed by atoms with Gasteiger partial charge in [0.2, 0.25) is 0 Å². The zero-order valence-corrected chi connectivity index (χ0v) is 18.8. The van der Waals surface area contributed by atoms with E-state index in [9.17, 15) is 0 Å². The molecule has 0 radical (unpaired) electrons. The maximum atomic E-state index is 6.10. The molecule has 1 aliphatic rings. The summed E-state index contributed by atoms with van der Waals surface area (Å²) in [7, 11) is 2.19. The molecule has 0 unspecified atom stereocenters. The standard InChI is InChI=1S/C22H30N6OS/c1-4-17-14-23-22(30-17)26-21-18-12-16(2)20(13-19(18)24-15-25-21)29-11-5-6-28-9-7-27(3)8-10-28/h12-15H,4-11H2,1-3H3,(H,23,24,25,26). The van der Waals surface area contributed by atoms with E-state index < -0.39 is 0 Å². The molecule has 7 nitrogen and oxygen atoms in total. The minimum Gasteiger partial charge on any atom is -0.493 e. The van der Waals surface area contributed by atoms with Gasteiger partial charge in [0.15, 0.2) is 5.13 Å². The number of hydrogen-bond donors (Lipinski definition) is 1. The Hall–Kier alpha value is -2.29. The van der Waals surface area contributed by atoms with Crippen molar-refractivity contribution >= 4 is 33.2 Å². The zero-order chi connectivity index (χ0) is 20.9. The number of benzene rings is 1. The molecule has 0 aliphatic carbocycles. The predicted molar refractivity (Wildman–Crippen MR) is 123 cm³/mol. The number of aromatic nitrogens is 3. The summed E-state index contributed by atoms with van der Waals surface area (Å²) in [5, 5.41) is 5.18. The van der Waals surface area contributed by atoms with Gasteiger partial charge in [-0.3, -0.25) is 0 Å². The number of thiazole rings is 1. The van der Waals surface area contributed by atoms with Gasteiger partial charge in [0.1, 0.15) is 17.9 Å². The molecule has 0 saturated carbocycles. The van der Waals surface area contributed by atoms with Crippen LogP contribution in [0.2, 0.25) is 0 Å². The van der Waals surface area contributed by atoms with E-state index in [1.165, 1.54) is 4.88 Å². The van der Waals surface area contributed by atoms with Crippen LogP contribution in [0.15, 0.2) is 24.7 Å². The molecule has 1 fully saturated rings. The van der Waals surface area contributed by atoms with Gasteiger partial charge in [-0.1, -0.05) is 6.92 Å². The molecule has 2 aromatic heterocycles. The molecule has 3 aromatic rings. The molecule has 3 heterocycles. The number of ether oxygens (including phenoxy) is 1. The molecule has 160 valence electrons. The number of piperazine rings is 1. The van der Waals surface area contributed by atoms with Gasteiger partial charge in [-0.25, -0.2) is 15.0 Å². The van der Waals surface area contributed by atoms with Crippen LogP contribution in [-0.2, 0) is 6.42 Å². The van der Waals surface area contributed by atoms with E-state index in [-0.39, 0.29) is 0 Å². The Bertz CT molecular complexity index is 983. The van der Waals surface area contributed by atoms with Crippen molar-refractivity contribution in [3.05, 3.63) is 35.1 Å². The lowest BCUT2D eigenvalue weighted by Crippen LogP contribution is -2.44. The smallest absolute Gasteiger partial charge is 0.188 e. The van der Waals surface area contributed by atoms with Gasteiger partial charge in [-0.15, -0.1) is 11.3 Å². The number of hydrogen-bond acceptors (Lipinski definition) is 8. The molecule has 8 heteroatoms. The minimum atomic E-state index is 0.716. The van der Waals surface area contributed by atoms with Crippen LogP contribution in [0, 0.1) is 6.92 Å². The highest BCUT2D eigenvalue weighted by atomic mass is 32.1. The molecule has 1 saturated heterocycles. The summed E-state index contributed by atoms with van der Waals surface area (Å²) in [5.41, 5.74) is 1.97. The van der Waals surface area contributed by atoms with Gasteiger partial charge < -0.3 is 19.9 Å². The van der Waals surface area contributed by atoms with Crippen LogP contribution < -0.4 is 10.1 Å². The lowest BCUT2D eigenvalue weighted by atomic mass is 10.1. The van der Waals surface area contributed by atoms with Crippen LogP contribution in [-0.4, -0.2) is 71.1 Å². The Labute approximate surface area is 182 Å². The fourth-order valence-corrected chi connectivity index (χ4v) is 4.37. The maximum absolute atomic E-state index is 6.10. The number of likely N-dealkylation sites (N-methyl/N-ethyl adjacent to an activating group) is 1. The summed E-state index contributed by atoms with van der Waals surface area (Å²) < 4.78 is 6.10. The van der Waals surface area contributed by atoms with E-state index in [1.54, 1.807) is 17.7 Å². The summed E-state index contributed by atoms with van der Waals surface area (Å²) in [5.74, 6) is 1.68. The molecule has 4 rings (SSSR count). The maximum Gasteiger partial charge on any atom is 0.188 e. The largest absolute Gasteiger partial charge is 0.493 e. The van der Waals surface area contributed by atoms with Crippen LogP contribution in [0.25, 0.3) is 10.9 Å². The van der Waals surface area contributed by atoms with Crippen molar-refractivity contribution in [3.8, 4) is 5.75 Å². The van der Waals surface area contributed by atoms with Crippen molar-refractivity contribution < 1.29 is 4.74 Å². The number of anilines is 2. The van der Waals surface area contributed by atoms with Crippen LogP contribution in [0.4, 0.5) is 10.9 Å². The van der Waals surface area contributed by atoms with Crippen molar-refractivity contribution in [2.75, 3.05) is 51.7 Å². The fourth-order valence-electron chi connectivity index (χ4n) is 3.62. The average Bonchev–Trinajstić information content (AvgIpc) is 3.21. The SMILES string of the molecule is CCc1cnc(Nc2ncnc3cc(OCCCN4CCN(C)CC4)c(C)cc23)s1. The topological polar surface area (TPSA) is 66.4 Å². The van der Waals surface area contributed by atoms with Crippen molar-refractivity contribution in [3.63, 3.8) is 0 Å². The lowest BCUT2D eigenvalue weighted by molar-refractivity contribution is 0.145. The first kappa shape index (κ1) is 21.0. The normalized spacial score (nSPS) is 15.6. The van der Waals surface area contributed by atoms with Gasteiger partial charge >= 0.3 is 0 Å². The van der Waals surface area contributed by atoms with Crippen molar-refractivity contribution in [2.45, 2.75) is 26.7 Å². The van der Waals surface area contributed by atoms with E-state index in [4.69, 9.17) is 4.74 Å². The summed E-state index contributed by atoms with van der Waals surface area (Å²) >= 11 is 1.66. The van der Waals surface area contributed by atoms with Gasteiger partial charge in [-0.2, -0.15) is 0 Å². The second kappa shape index (κ2) is 9.68. The third-order valence-corrected chi connectivity index (χ3v) is 6.59. The average molecular weight is 427 g/mol. The highest BCUT2D eigenvalue weighted by molar-refractivity contribution is 7.15. The quantitative estimate of drug-likeness (QED) is 0.551. The first-order chi connectivity index (χ1) is 14.6. The van der Waals surface area contributed by atoms with E-state index in [2.05, 4.69) is 57.0 Å². The molecular weight excluding hydrogens is 396 g/mol. The monoisotopic (exact) mass is 426 g/mol.